The maximum absolute atomic E-state index is 12.2. The van der Waals surface area contributed by atoms with E-state index >= 15 is 0 Å². The molecule has 2 aromatic carbocycles. The van der Waals surface area contributed by atoms with Gasteiger partial charge in [-0.3, -0.25) is 4.79 Å². The molecule has 0 unspecified atom stereocenters. The molecule has 1 aromatic heterocycles. The number of carbonyl (C=O) groups excluding carboxylic acids is 1. The third-order valence-electron chi connectivity index (χ3n) is 3.64. The van der Waals surface area contributed by atoms with Crippen molar-refractivity contribution in [3.8, 4) is 5.75 Å². The van der Waals surface area contributed by atoms with Crippen LogP contribution in [0.3, 0.4) is 0 Å². The Labute approximate surface area is 159 Å². The number of amides is 1. The minimum Gasteiger partial charge on any atom is -0.484 e. The van der Waals surface area contributed by atoms with E-state index in [1.165, 1.54) is 11.3 Å². The molecule has 0 fully saturated rings. The van der Waals surface area contributed by atoms with Gasteiger partial charge < -0.3 is 9.30 Å². The topological polar surface area (TPSA) is 43.6 Å². The lowest BCUT2D eigenvalue weighted by Crippen LogP contribution is -2.19. The molecular formula is C18H16Cl2N2O2S. The monoisotopic (exact) mass is 394 g/mol. The third kappa shape index (κ3) is 4.06. The van der Waals surface area contributed by atoms with E-state index in [1.807, 2.05) is 30.5 Å². The summed E-state index contributed by atoms with van der Waals surface area (Å²) in [6.45, 7) is 4.61. The first-order valence-electron chi connectivity index (χ1n) is 7.73. The van der Waals surface area contributed by atoms with Gasteiger partial charge in [0.25, 0.3) is 5.91 Å². The predicted octanol–water partition coefficient (Wildman–Crippen LogP) is 4.84. The number of fused-ring (bicyclic) bond motifs is 1. The number of ether oxygens (including phenoxy) is 1. The van der Waals surface area contributed by atoms with Crippen molar-refractivity contribution in [2.24, 2.45) is 4.99 Å². The minimum atomic E-state index is -0.340. The van der Waals surface area contributed by atoms with Gasteiger partial charge in [0.1, 0.15) is 5.75 Å². The zero-order valence-corrected chi connectivity index (χ0v) is 16.1. The molecule has 130 valence electrons. The summed E-state index contributed by atoms with van der Waals surface area (Å²) in [6.07, 6.45) is 0. The summed E-state index contributed by atoms with van der Waals surface area (Å²) in [7, 11) is 0. The molecule has 1 heterocycles. The summed E-state index contributed by atoms with van der Waals surface area (Å²) in [5.74, 6) is 0.239. The molecule has 1 amide bonds. The number of aromatic nitrogens is 1. The number of nitrogens with zero attached hydrogens (tertiary/aromatic N) is 2. The van der Waals surface area contributed by atoms with Crippen LogP contribution < -0.4 is 9.54 Å². The first kappa shape index (κ1) is 18.0. The predicted molar refractivity (Wildman–Crippen MR) is 103 cm³/mol. The molecule has 0 N–H and O–H groups in total. The molecular weight excluding hydrogens is 379 g/mol. The van der Waals surface area contributed by atoms with Crippen molar-refractivity contribution in [2.75, 3.05) is 6.61 Å². The zero-order valence-electron chi connectivity index (χ0n) is 13.8. The normalized spacial score (nSPS) is 11.9. The molecule has 0 saturated carbocycles. The standard InChI is InChI=1S/C18H16Cl2N2O2S/c1-3-22-17-11(2)8-13(20)9-15(17)25-18(22)21-16(23)10-24-14-6-4-12(19)5-7-14/h4-9H,3,10H2,1-2H3. The number of aryl methyl sites for hydroxylation is 2. The average Bonchev–Trinajstić information content (AvgIpc) is 2.91. The molecule has 7 heteroatoms. The highest BCUT2D eigenvalue weighted by Gasteiger charge is 2.10. The second-order valence-electron chi connectivity index (χ2n) is 5.45. The Morgan fingerprint density at radius 3 is 2.60 bits per heavy atom. The second-order valence-corrected chi connectivity index (χ2v) is 7.33. The lowest BCUT2D eigenvalue weighted by Gasteiger charge is -2.04. The molecule has 0 spiro atoms. The molecule has 0 atom stereocenters. The van der Waals surface area contributed by atoms with Crippen LogP contribution in [0.2, 0.25) is 10.0 Å². The van der Waals surface area contributed by atoms with Crippen LogP contribution >= 0.6 is 34.5 Å². The van der Waals surface area contributed by atoms with E-state index in [0.717, 1.165) is 15.8 Å². The van der Waals surface area contributed by atoms with Gasteiger partial charge in [0.2, 0.25) is 0 Å². The van der Waals surface area contributed by atoms with Crippen LogP contribution in [0.5, 0.6) is 5.75 Å². The molecule has 3 rings (SSSR count). The highest BCUT2D eigenvalue weighted by molar-refractivity contribution is 7.16. The van der Waals surface area contributed by atoms with E-state index < -0.39 is 0 Å². The van der Waals surface area contributed by atoms with Crippen LogP contribution in [0.15, 0.2) is 41.4 Å². The minimum absolute atomic E-state index is 0.126. The van der Waals surface area contributed by atoms with E-state index in [1.54, 1.807) is 24.3 Å². The highest BCUT2D eigenvalue weighted by atomic mass is 35.5. The molecule has 3 aromatic rings. The number of benzene rings is 2. The first-order valence-corrected chi connectivity index (χ1v) is 9.30. The van der Waals surface area contributed by atoms with Crippen LogP contribution in [-0.2, 0) is 11.3 Å². The summed E-state index contributed by atoms with van der Waals surface area (Å²) < 4.78 is 8.49. The number of thiazole rings is 1. The number of hydrogen-bond donors (Lipinski definition) is 0. The van der Waals surface area contributed by atoms with Crippen LogP contribution in [0.4, 0.5) is 0 Å². The van der Waals surface area contributed by atoms with Gasteiger partial charge in [-0.1, -0.05) is 34.5 Å². The summed E-state index contributed by atoms with van der Waals surface area (Å²) >= 11 is 13.4. The Morgan fingerprint density at radius 2 is 1.92 bits per heavy atom. The Bertz CT molecular complexity index is 991. The molecule has 0 aliphatic carbocycles. The fourth-order valence-electron chi connectivity index (χ4n) is 2.57. The van der Waals surface area contributed by atoms with Gasteiger partial charge in [-0.25, -0.2) is 0 Å². The Balaban J connectivity index is 1.88. The van der Waals surface area contributed by atoms with Crippen LogP contribution in [-0.4, -0.2) is 17.1 Å². The lowest BCUT2D eigenvalue weighted by molar-refractivity contribution is -0.120. The number of halogens is 2. The van der Waals surface area contributed by atoms with E-state index in [2.05, 4.69) is 4.99 Å². The summed E-state index contributed by atoms with van der Waals surface area (Å²) in [5.41, 5.74) is 2.12. The molecule has 0 aliphatic rings. The Hall–Kier alpha value is -1.82. The van der Waals surface area contributed by atoms with Gasteiger partial charge in [0, 0.05) is 16.6 Å². The van der Waals surface area contributed by atoms with Gasteiger partial charge >= 0.3 is 0 Å². The quantitative estimate of drug-likeness (QED) is 0.634. The van der Waals surface area contributed by atoms with Crippen molar-refractivity contribution in [3.63, 3.8) is 0 Å². The molecule has 25 heavy (non-hydrogen) atoms. The molecule has 0 bridgehead atoms. The number of carbonyl (C=O) groups is 1. The van der Waals surface area contributed by atoms with Crippen molar-refractivity contribution < 1.29 is 9.53 Å². The lowest BCUT2D eigenvalue weighted by atomic mass is 10.2. The van der Waals surface area contributed by atoms with Crippen molar-refractivity contribution in [1.29, 1.82) is 0 Å². The summed E-state index contributed by atoms with van der Waals surface area (Å²) in [5, 5.41) is 1.30. The van der Waals surface area contributed by atoms with Gasteiger partial charge in [-0.15, -0.1) is 0 Å². The maximum Gasteiger partial charge on any atom is 0.286 e. The molecule has 0 radical (unpaired) electrons. The average molecular weight is 395 g/mol. The molecule has 0 aliphatic heterocycles. The van der Waals surface area contributed by atoms with Crippen molar-refractivity contribution in [2.45, 2.75) is 20.4 Å². The fourth-order valence-corrected chi connectivity index (χ4v) is 4.26. The summed E-state index contributed by atoms with van der Waals surface area (Å²) in [4.78, 5) is 17.1. The van der Waals surface area contributed by atoms with Crippen LogP contribution in [0.25, 0.3) is 10.2 Å². The first-order chi connectivity index (χ1) is 12.0. The van der Waals surface area contributed by atoms with Gasteiger partial charge in [-0.2, -0.15) is 4.99 Å². The SMILES string of the molecule is CCn1c(=NC(=O)COc2ccc(Cl)cc2)sc2cc(Cl)cc(C)c21. The highest BCUT2D eigenvalue weighted by Crippen LogP contribution is 2.25. The van der Waals surface area contributed by atoms with E-state index in [-0.39, 0.29) is 12.5 Å². The van der Waals surface area contributed by atoms with Crippen LogP contribution in [0.1, 0.15) is 12.5 Å². The molecule has 0 saturated heterocycles. The van der Waals surface area contributed by atoms with Crippen LogP contribution in [0, 0.1) is 6.92 Å². The number of hydrogen-bond acceptors (Lipinski definition) is 3. The number of rotatable bonds is 4. The van der Waals surface area contributed by atoms with Crippen molar-refractivity contribution in [1.82, 2.24) is 4.57 Å². The van der Waals surface area contributed by atoms with Gasteiger partial charge in [0.05, 0.1) is 10.2 Å². The van der Waals surface area contributed by atoms with E-state index in [9.17, 15) is 4.79 Å². The van der Waals surface area contributed by atoms with Gasteiger partial charge in [-0.05, 0) is 55.8 Å². The van der Waals surface area contributed by atoms with Crippen molar-refractivity contribution in [3.05, 3.63) is 56.8 Å². The molecule has 4 nitrogen and oxygen atoms in total. The van der Waals surface area contributed by atoms with Crippen molar-refractivity contribution >= 4 is 50.7 Å². The second kappa shape index (κ2) is 7.60. The van der Waals surface area contributed by atoms with E-state index in [0.29, 0.717) is 27.1 Å². The Morgan fingerprint density at radius 1 is 1.20 bits per heavy atom. The van der Waals surface area contributed by atoms with Gasteiger partial charge in [0.15, 0.2) is 11.4 Å². The summed E-state index contributed by atoms with van der Waals surface area (Å²) in [6, 6.07) is 10.7. The third-order valence-corrected chi connectivity index (χ3v) is 5.14. The Kier molecular flexibility index (Phi) is 5.47. The maximum atomic E-state index is 12.2. The smallest absolute Gasteiger partial charge is 0.286 e. The zero-order chi connectivity index (χ0) is 18.0. The largest absolute Gasteiger partial charge is 0.484 e. The fraction of sp³-hybridized carbons (Fsp3) is 0.222. The van der Waals surface area contributed by atoms with E-state index in [4.69, 9.17) is 27.9 Å².